The van der Waals surface area contributed by atoms with E-state index < -0.39 is 0 Å². The van der Waals surface area contributed by atoms with Gasteiger partial charge in [-0.3, -0.25) is 4.79 Å². The van der Waals surface area contributed by atoms with Gasteiger partial charge in [0.1, 0.15) is 0 Å². The highest BCUT2D eigenvalue weighted by atomic mass is 32.1. The van der Waals surface area contributed by atoms with Gasteiger partial charge in [-0.15, -0.1) is 11.3 Å². The molecule has 0 fully saturated rings. The van der Waals surface area contributed by atoms with Crippen LogP contribution < -0.4 is 5.32 Å². The summed E-state index contributed by atoms with van der Waals surface area (Å²) in [5, 5.41) is 5.19. The van der Waals surface area contributed by atoms with Crippen molar-refractivity contribution >= 4 is 44.7 Å². The van der Waals surface area contributed by atoms with Crippen LogP contribution in [0.25, 0.3) is 32.5 Å². The van der Waals surface area contributed by atoms with Crippen LogP contribution in [0.5, 0.6) is 0 Å². The quantitative estimate of drug-likeness (QED) is 0.434. The summed E-state index contributed by atoms with van der Waals surface area (Å²) >= 11 is 1.45. The minimum atomic E-state index is -0.105. The second-order valence-corrected chi connectivity index (χ2v) is 7.71. The Morgan fingerprint density at radius 1 is 0.929 bits per heavy atom. The van der Waals surface area contributed by atoms with E-state index in [2.05, 4.69) is 9.88 Å². The predicted octanol–water partition coefficient (Wildman–Crippen LogP) is 5.71. The van der Waals surface area contributed by atoms with Crippen LogP contribution in [0.3, 0.4) is 0 Å². The highest BCUT2D eigenvalue weighted by molar-refractivity contribution is 7.17. The van der Waals surface area contributed by atoms with Gasteiger partial charge >= 0.3 is 0 Å². The van der Waals surface area contributed by atoms with E-state index in [1.165, 1.54) is 11.3 Å². The van der Waals surface area contributed by atoms with Crippen molar-refractivity contribution in [2.24, 2.45) is 7.05 Å². The van der Waals surface area contributed by atoms with Crippen LogP contribution in [-0.2, 0) is 7.05 Å². The Hall–Kier alpha value is -3.44. The maximum atomic E-state index is 12.8. The van der Waals surface area contributed by atoms with Crippen LogP contribution in [0.4, 0.5) is 5.69 Å². The van der Waals surface area contributed by atoms with Crippen LogP contribution in [0, 0.1) is 0 Å². The number of anilines is 1. The molecule has 1 N–H and O–H groups in total. The topological polar surface area (TPSA) is 46.9 Å². The molecule has 3 aromatic carbocycles. The average Bonchev–Trinajstić information content (AvgIpc) is 3.34. The molecule has 2 aromatic heterocycles. The molecule has 136 valence electrons. The van der Waals surface area contributed by atoms with Gasteiger partial charge in [0.2, 0.25) is 0 Å². The van der Waals surface area contributed by atoms with Gasteiger partial charge in [-0.05, 0) is 35.7 Å². The van der Waals surface area contributed by atoms with E-state index in [4.69, 9.17) is 4.98 Å². The first-order valence-electron chi connectivity index (χ1n) is 9.01. The number of benzene rings is 3. The lowest BCUT2D eigenvalue weighted by atomic mass is 10.1. The number of nitrogens with one attached hydrogen (secondary N) is 1. The van der Waals surface area contributed by atoms with E-state index in [0.717, 1.165) is 38.2 Å². The van der Waals surface area contributed by atoms with Gasteiger partial charge in [-0.25, -0.2) is 4.98 Å². The first kappa shape index (κ1) is 16.7. The molecule has 0 saturated heterocycles. The van der Waals surface area contributed by atoms with E-state index in [1.54, 1.807) is 0 Å². The number of fused-ring (bicyclic) bond motifs is 2. The monoisotopic (exact) mass is 383 g/mol. The minimum Gasteiger partial charge on any atom is -0.326 e. The number of aryl methyl sites for hydroxylation is 1. The van der Waals surface area contributed by atoms with Crippen molar-refractivity contribution in [1.29, 1.82) is 0 Å². The molecular formula is C23H17N3OS. The smallest absolute Gasteiger partial charge is 0.265 e. The van der Waals surface area contributed by atoms with E-state index >= 15 is 0 Å². The number of hydrogen-bond acceptors (Lipinski definition) is 3. The van der Waals surface area contributed by atoms with E-state index in [9.17, 15) is 4.79 Å². The number of carbonyl (C=O) groups excluding carboxylic acids is 1. The molecule has 5 aromatic rings. The average molecular weight is 383 g/mol. The molecule has 5 rings (SSSR count). The number of rotatable bonds is 3. The second-order valence-electron chi connectivity index (χ2n) is 6.63. The van der Waals surface area contributed by atoms with Gasteiger partial charge in [0.15, 0.2) is 5.82 Å². The molecule has 0 atom stereocenters. The third kappa shape index (κ3) is 2.77. The lowest BCUT2D eigenvalue weighted by molar-refractivity contribution is 0.103. The highest BCUT2D eigenvalue weighted by Crippen LogP contribution is 2.31. The summed E-state index contributed by atoms with van der Waals surface area (Å²) in [5.74, 6) is 0.766. The Labute approximate surface area is 166 Å². The van der Waals surface area contributed by atoms with Gasteiger partial charge in [0.25, 0.3) is 5.91 Å². The number of hydrogen-bond donors (Lipinski definition) is 1. The minimum absolute atomic E-state index is 0.105. The van der Waals surface area contributed by atoms with Crippen molar-refractivity contribution < 1.29 is 4.79 Å². The number of carbonyl (C=O) groups is 1. The number of imidazole rings is 1. The van der Waals surface area contributed by atoms with Crippen molar-refractivity contribution in [3.63, 3.8) is 0 Å². The van der Waals surface area contributed by atoms with Crippen LogP contribution in [-0.4, -0.2) is 15.5 Å². The molecule has 0 unspecified atom stereocenters. The maximum Gasteiger partial charge on any atom is 0.265 e. The number of para-hydroxylation sites is 2. The fourth-order valence-corrected chi connectivity index (χ4v) is 4.39. The van der Waals surface area contributed by atoms with Crippen molar-refractivity contribution in [2.45, 2.75) is 0 Å². The van der Waals surface area contributed by atoms with Crippen molar-refractivity contribution in [2.75, 3.05) is 5.32 Å². The maximum absolute atomic E-state index is 12.8. The summed E-state index contributed by atoms with van der Waals surface area (Å²) in [7, 11) is 2.00. The molecular weight excluding hydrogens is 366 g/mol. The summed E-state index contributed by atoms with van der Waals surface area (Å²) < 4.78 is 2.06. The van der Waals surface area contributed by atoms with Crippen molar-refractivity contribution in [3.05, 3.63) is 83.7 Å². The fraction of sp³-hybridized carbons (Fsp3) is 0.0435. The summed E-state index contributed by atoms with van der Waals surface area (Å²) in [6.45, 7) is 0. The first-order chi connectivity index (χ1) is 13.7. The molecule has 28 heavy (non-hydrogen) atoms. The van der Waals surface area contributed by atoms with Gasteiger partial charge in [-0.1, -0.05) is 48.5 Å². The van der Waals surface area contributed by atoms with Gasteiger partial charge in [0.05, 0.1) is 20.8 Å². The van der Waals surface area contributed by atoms with E-state index in [0.29, 0.717) is 4.88 Å². The van der Waals surface area contributed by atoms with E-state index in [-0.39, 0.29) is 5.91 Å². The van der Waals surface area contributed by atoms with Gasteiger partial charge < -0.3 is 9.88 Å². The lowest BCUT2D eigenvalue weighted by Crippen LogP contribution is -2.10. The third-order valence-electron chi connectivity index (χ3n) is 4.88. The zero-order valence-corrected chi connectivity index (χ0v) is 16.0. The second kappa shape index (κ2) is 6.62. The molecule has 4 nitrogen and oxygen atoms in total. The first-order valence-corrected chi connectivity index (χ1v) is 9.83. The summed E-state index contributed by atoms with van der Waals surface area (Å²) in [4.78, 5) is 19.2. The summed E-state index contributed by atoms with van der Waals surface area (Å²) in [6.07, 6.45) is 0. The largest absolute Gasteiger partial charge is 0.326 e. The number of amides is 1. The fourth-order valence-electron chi connectivity index (χ4n) is 3.46. The summed E-state index contributed by atoms with van der Waals surface area (Å²) in [5.41, 5.74) is 2.85. The molecule has 1 amide bonds. The molecule has 0 saturated carbocycles. The molecule has 0 aliphatic rings. The third-order valence-corrected chi connectivity index (χ3v) is 5.96. The number of aromatic nitrogens is 2. The standard InChI is InChI=1S/C23H17N3OS/c1-26-19-12-5-4-10-18(19)24-22(26)20-13-14-21(28-20)23(27)25-17-11-6-8-15-7-2-3-9-16(15)17/h2-14H,1H3,(H,25,27). The van der Waals surface area contributed by atoms with Crippen molar-refractivity contribution in [1.82, 2.24) is 9.55 Å². The Morgan fingerprint density at radius 2 is 1.71 bits per heavy atom. The molecule has 0 aliphatic carbocycles. The van der Waals surface area contributed by atoms with Crippen molar-refractivity contribution in [3.8, 4) is 10.7 Å². The Kier molecular flexibility index (Phi) is 3.95. The Bertz CT molecular complexity index is 1330. The number of thiophene rings is 1. The molecule has 0 bridgehead atoms. The zero-order valence-electron chi connectivity index (χ0n) is 15.2. The van der Waals surface area contributed by atoms with Crippen LogP contribution in [0.15, 0.2) is 78.9 Å². The Morgan fingerprint density at radius 3 is 2.61 bits per heavy atom. The van der Waals surface area contributed by atoms with Crippen LogP contribution in [0.1, 0.15) is 9.67 Å². The molecule has 0 radical (unpaired) electrons. The highest BCUT2D eigenvalue weighted by Gasteiger charge is 2.15. The normalized spacial score (nSPS) is 11.2. The number of nitrogens with zero attached hydrogens (tertiary/aromatic N) is 2. The molecule has 2 heterocycles. The van der Waals surface area contributed by atoms with Gasteiger partial charge in [0, 0.05) is 18.1 Å². The Balaban J connectivity index is 1.47. The molecule has 0 spiro atoms. The molecule has 0 aliphatic heterocycles. The van der Waals surface area contributed by atoms with E-state index in [1.807, 2.05) is 85.9 Å². The summed E-state index contributed by atoms with van der Waals surface area (Å²) in [6, 6.07) is 25.8. The van der Waals surface area contributed by atoms with Crippen LogP contribution >= 0.6 is 11.3 Å². The SMILES string of the molecule is Cn1c(-c2ccc(C(=O)Nc3cccc4ccccc34)s2)nc2ccccc21. The molecule has 5 heteroatoms. The van der Waals surface area contributed by atoms with Crippen LogP contribution in [0.2, 0.25) is 0 Å². The predicted molar refractivity (Wildman–Crippen MR) is 116 cm³/mol. The van der Waals surface area contributed by atoms with Gasteiger partial charge in [-0.2, -0.15) is 0 Å². The zero-order chi connectivity index (χ0) is 19.1. The lowest BCUT2D eigenvalue weighted by Gasteiger charge is -2.07.